The normalized spacial score (nSPS) is 5.50. The molecule has 44 valence electrons. The molecule has 0 aliphatic heterocycles. The summed E-state index contributed by atoms with van der Waals surface area (Å²) in [6.45, 7) is 0. The second-order valence-electron chi connectivity index (χ2n) is 0.610. The zero-order valence-electron chi connectivity index (χ0n) is 3.77. The van der Waals surface area contributed by atoms with Crippen LogP contribution in [0.5, 0.6) is 0 Å². The van der Waals surface area contributed by atoms with Gasteiger partial charge in [0.15, 0.2) is 0 Å². The largest absolute Gasteiger partial charge is 0.473 e. The Hall–Kier alpha value is 0.0829. The zero-order chi connectivity index (χ0) is 5.15. The van der Waals surface area contributed by atoms with E-state index in [0.717, 1.165) is 0 Å². The molecule has 4 nitrogen and oxygen atoms in total. The molecule has 0 fully saturated rings. The minimum absolute atomic E-state index is 0. The first kappa shape index (κ1) is 15.7. The molecule has 0 aliphatic carbocycles. The molecule has 0 aromatic rings. The van der Waals surface area contributed by atoms with Gasteiger partial charge in [-0.1, -0.05) is 0 Å². The Morgan fingerprint density at radius 3 is 1.12 bits per heavy atom. The maximum atomic E-state index is 9.10. The van der Waals surface area contributed by atoms with Crippen LogP contribution >= 0.6 is 0 Å². The summed E-state index contributed by atoms with van der Waals surface area (Å²) < 4.78 is 0. The van der Waals surface area contributed by atoms with Crippen LogP contribution in [-0.4, -0.2) is 22.2 Å². The minimum Gasteiger partial charge on any atom is -0.473 e. The summed E-state index contributed by atoms with van der Waals surface area (Å²) in [4.78, 5) is 18.2. The molecular weight excluding hydrogens is 209 g/mol. The van der Waals surface area contributed by atoms with Crippen molar-refractivity contribution >= 4 is 11.9 Å². The third-order valence-corrected chi connectivity index (χ3v) is 0.183. The van der Waals surface area contributed by atoms with E-state index in [0.29, 0.717) is 0 Å². The van der Waals surface area contributed by atoms with Crippen molar-refractivity contribution in [3.63, 3.8) is 0 Å². The number of aliphatic carboxylic acids is 2. The maximum absolute atomic E-state index is 9.10. The number of hydrogen-bond donors (Lipinski definition) is 2. The van der Waals surface area contributed by atoms with Crippen LogP contribution in [0, 0.1) is 0 Å². The van der Waals surface area contributed by atoms with Crippen molar-refractivity contribution in [2.75, 3.05) is 0 Å². The Bertz CT molecular complexity index is 80.0. The monoisotopic (exact) mass is 210 g/mol. The van der Waals surface area contributed by atoms with Gasteiger partial charge in [0.2, 0.25) is 0 Å². The van der Waals surface area contributed by atoms with Gasteiger partial charge in [0.25, 0.3) is 0 Å². The molecule has 0 amide bonds. The average molecular weight is 211 g/mol. The van der Waals surface area contributed by atoms with Gasteiger partial charge in [-0.25, -0.2) is 9.59 Å². The van der Waals surface area contributed by atoms with Crippen LogP contribution in [0.3, 0.4) is 0 Å². The Balaban J connectivity index is -0.000000125. The van der Waals surface area contributed by atoms with E-state index in [9.17, 15) is 0 Å². The maximum Gasteiger partial charge on any atom is 0.414 e. The number of hydrogen-bond acceptors (Lipinski definition) is 2. The van der Waals surface area contributed by atoms with E-state index in [1.165, 1.54) is 0 Å². The minimum atomic E-state index is -1.82. The third-order valence-electron chi connectivity index (χ3n) is 0.183. The van der Waals surface area contributed by atoms with E-state index in [1.807, 2.05) is 0 Å². The van der Waals surface area contributed by atoms with Crippen LogP contribution in [0.25, 0.3) is 0 Å². The van der Waals surface area contributed by atoms with E-state index in [2.05, 4.69) is 0 Å². The van der Waals surface area contributed by atoms with Crippen molar-refractivity contribution in [1.29, 1.82) is 0 Å². The van der Waals surface area contributed by atoms with E-state index in [-0.39, 0.29) is 36.5 Å². The Morgan fingerprint density at radius 1 is 1.00 bits per heavy atom. The van der Waals surface area contributed by atoms with E-state index in [1.54, 1.807) is 0 Å². The molecule has 0 bridgehead atoms. The van der Waals surface area contributed by atoms with Gasteiger partial charge in [0.1, 0.15) is 0 Å². The van der Waals surface area contributed by atoms with Gasteiger partial charge >= 0.3 is 11.9 Å². The fraction of sp³-hybridized carbons (Fsp3) is 0. The standard InChI is InChI=1S/C2H2O4.Fe.Zn/c3-1(4)2(5)6;;/h(H,3,4)(H,5,6);;. The molecule has 2 N–H and O–H groups in total. The van der Waals surface area contributed by atoms with Crippen molar-refractivity contribution in [2.45, 2.75) is 0 Å². The quantitative estimate of drug-likeness (QED) is 0.404. The van der Waals surface area contributed by atoms with Crippen LogP contribution < -0.4 is 0 Å². The fourth-order valence-corrected chi connectivity index (χ4v) is 0. The molecule has 0 unspecified atom stereocenters. The molecular formula is C2H2FeO4Zn. The van der Waals surface area contributed by atoms with Crippen LogP contribution in [-0.2, 0) is 46.1 Å². The smallest absolute Gasteiger partial charge is 0.414 e. The van der Waals surface area contributed by atoms with Gasteiger partial charge in [-0.05, 0) is 0 Å². The SMILES string of the molecule is O=C(O)C(=O)O.[Fe].[Zn]. The zero-order valence-corrected chi connectivity index (χ0v) is 7.84. The van der Waals surface area contributed by atoms with Crippen molar-refractivity contribution in [3.05, 3.63) is 0 Å². The molecule has 0 saturated carbocycles. The summed E-state index contributed by atoms with van der Waals surface area (Å²) in [5.41, 5.74) is 0. The summed E-state index contributed by atoms with van der Waals surface area (Å²) in [5, 5.41) is 14.8. The Labute approximate surface area is 68.5 Å². The Kier molecular flexibility index (Phi) is 13.9. The third kappa shape index (κ3) is 9.43. The first-order valence-electron chi connectivity index (χ1n) is 1.11. The van der Waals surface area contributed by atoms with Gasteiger partial charge in [-0.2, -0.15) is 0 Å². The van der Waals surface area contributed by atoms with E-state index < -0.39 is 11.9 Å². The second kappa shape index (κ2) is 7.08. The molecule has 0 aromatic carbocycles. The van der Waals surface area contributed by atoms with Crippen molar-refractivity contribution in [3.8, 4) is 0 Å². The molecule has 0 spiro atoms. The molecule has 0 radical (unpaired) electrons. The summed E-state index contributed by atoms with van der Waals surface area (Å²) in [6, 6.07) is 0. The summed E-state index contributed by atoms with van der Waals surface area (Å²) in [6.07, 6.45) is 0. The van der Waals surface area contributed by atoms with Crippen LogP contribution in [0.15, 0.2) is 0 Å². The molecule has 0 heterocycles. The second-order valence-corrected chi connectivity index (χ2v) is 0.610. The molecule has 6 heteroatoms. The topological polar surface area (TPSA) is 74.6 Å². The number of carbonyl (C=O) groups is 2. The predicted molar refractivity (Wildman–Crippen MR) is 15.3 cm³/mol. The van der Waals surface area contributed by atoms with Crippen LogP contribution in [0.4, 0.5) is 0 Å². The van der Waals surface area contributed by atoms with Crippen molar-refractivity contribution < 1.29 is 56.3 Å². The molecule has 0 rings (SSSR count). The number of carboxylic acids is 2. The average Bonchev–Trinajstić information content (AvgIpc) is 1.36. The van der Waals surface area contributed by atoms with Crippen molar-refractivity contribution in [2.24, 2.45) is 0 Å². The molecule has 0 atom stereocenters. The van der Waals surface area contributed by atoms with E-state index >= 15 is 0 Å². The fourth-order valence-electron chi connectivity index (χ4n) is 0. The van der Waals surface area contributed by atoms with Crippen LogP contribution in [0.2, 0.25) is 0 Å². The van der Waals surface area contributed by atoms with E-state index in [4.69, 9.17) is 19.8 Å². The summed E-state index contributed by atoms with van der Waals surface area (Å²) in [7, 11) is 0. The van der Waals surface area contributed by atoms with Crippen molar-refractivity contribution in [1.82, 2.24) is 0 Å². The van der Waals surface area contributed by atoms with Gasteiger partial charge in [0.05, 0.1) is 0 Å². The number of rotatable bonds is 0. The van der Waals surface area contributed by atoms with Gasteiger partial charge in [0, 0.05) is 36.5 Å². The first-order chi connectivity index (χ1) is 2.64. The first-order valence-corrected chi connectivity index (χ1v) is 1.11. The van der Waals surface area contributed by atoms with Crippen LogP contribution in [0.1, 0.15) is 0 Å². The molecule has 0 saturated heterocycles. The number of carboxylic acid groups (broad SMARTS) is 2. The summed E-state index contributed by atoms with van der Waals surface area (Å²) >= 11 is 0. The van der Waals surface area contributed by atoms with Gasteiger partial charge in [-0.15, -0.1) is 0 Å². The summed E-state index contributed by atoms with van der Waals surface area (Å²) in [5.74, 6) is -3.65. The van der Waals surface area contributed by atoms with Gasteiger partial charge in [-0.3, -0.25) is 0 Å². The van der Waals surface area contributed by atoms with Gasteiger partial charge < -0.3 is 10.2 Å². The predicted octanol–water partition coefficient (Wildman–Crippen LogP) is -0.849. The molecule has 0 aliphatic rings. The molecule has 0 aromatic heterocycles. The Morgan fingerprint density at radius 2 is 1.12 bits per heavy atom. The molecule has 8 heavy (non-hydrogen) atoms.